The molecule has 0 unspecified atom stereocenters. The van der Waals surface area contributed by atoms with Crippen LogP contribution in [0.3, 0.4) is 0 Å². The molecule has 1 N–H and O–H groups in total. The molecule has 0 radical (unpaired) electrons. The first kappa shape index (κ1) is 15.8. The molecule has 0 saturated heterocycles. The largest absolute Gasteiger partial charge is 0.480 e. The van der Waals surface area contributed by atoms with E-state index >= 15 is 0 Å². The summed E-state index contributed by atoms with van der Waals surface area (Å²) in [6.45, 7) is 1.72. The molecule has 0 aromatic carbocycles. The molecule has 5 nitrogen and oxygen atoms in total. The Morgan fingerprint density at radius 1 is 1.21 bits per heavy atom. The Bertz CT molecular complexity index is 142. The maximum atomic E-state index is 9.47. The van der Waals surface area contributed by atoms with E-state index in [2.05, 4.69) is 25.9 Å². The van der Waals surface area contributed by atoms with Gasteiger partial charge in [-0.25, -0.2) is 4.79 Å². The van der Waals surface area contributed by atoms with Crippen molar-refractivity contribution >= 4 is 5.97 Å². The normalized spacial score (nSPS) is 10.4. The fraction of sp³-hybridized carbons (Fsp3) is 0.889. The number of nitrogens with zero attached hydrogens (tertiary/aromatic N) is 1. The summed E-state index contributed by atoms with van der Waals surface area (Å²) in [4.78, 5) is 9.47. The molecule has 0 saturated carbocycles. The highest BCUT2D eigenvalue weighted by Gasteiger charge is 2.03. The van der Waals surface area contributed by atoms with Crippen molar-refractivity contribution in [3.63, 3.8) is 0 Å². The van der Waals surface area contributed by atoms with Crippen molar-refractivity contribution < 1.29 is 23.9 Å². The first-order chi connectivity index (χ1) is 6.33. The monoisotopic (exact) mass is 208 g/mol. The molecule has 0 spiro atoms. The van der Waals surface area contributed by atoms with E-state index in [1.165, 1.54) is 7.11 Å². The molecule has 0 aliphatic rings. The van der Waals surface area contributed by atoms with Crippen LogP contribution in [0.2, 0.25) is 0 Å². The quantitative estimate of drug-likeness (QED) is 0.649. The van der Waals surface area contributed by atoms with E-state index < -0.39 is 5.97 Å². The number of aliphatic carboxylic acids is 1. The van der Waals surface area contributed by atoms with Gasteiger partial charge in [0.1, 0.15) is 13.2 Å². The van der Waals surface area contributed by atoms with E-state index in [0.29, 0.717) is 0 Å². The van der Waals surface area contributed by atoms with Gasteiger partial charge < -0.3 is 19.1 Å². The zero-order valence-electron chi connectivity index (χ0n) is 9.74. The lowest BCUT2D eigenvalue weighted by Gasteiger charge is -2.22. The van der Waals surface area contributed by atoms with Crippen LogP contribution in [0.25, 0.3) is 0 Å². The molecule has 0 rings (SSSR count). The number of methoxy groups -OCH3 is 2. The van der Waals surface area contributed by atoms with Crippen LogP contribution in [0.15, 0.2) is 0 Å². The number of carboxylic acids is 1. The number of ether oxygens (including phenoxy) is 2. The summed E-state index contributed by atoms with van der Waals surface area (Å²) in [6, 6.07) is 0. The van der Waals surface area contributed by atoms with Crippen molar-refractivity contribution in [1.82, 2.24) is 0 Å². The number of hydrogen-bond acceptors (Lipinski definition) is 3. The van der Waals surface area contributed by atoms with Crippen molar-refractivity contribution in [2.75, 3.05) is 55.1 Å². The second-order valence-corrected chi connectivity index (χ2v) is 3.83. The van der Waals surface area contributed by atoms with Gasteiger partial charge in [-0.15, -0.1) is 0 Å². The SMILES string of the molecule is COCC(=O)O.COCC[N+](C)(C)C. The highest BCUT2D eigenvalue weighted by atomic mass is 16.5. The van der Waals surface area contributed by atoms with Gasteiger partial charge in [0, 0.05) is 14.2 Å². The molecule has 0 atom stereocenters. The summed E-state index contributed by atoms with van der Waals surface area (Å²) >= 11 is 0. The second kappa shape index (κ2) is 8.93. The van der Waals surface area contributed by atoms with Crippen molar-refractivity contribution in [2.24, 2.45) is 0 Å². The van der Waals surface area contributed by atoms with E-state index in [1.807, 2.05) is 0 Å². The molecule has 0 aromatic rings. The number of carbonyl (C=O) groups is 1. The van der Waals surface area contributed by atoms with Gasteiger partial charge in [0.25, 0.3) is 0 Å². The van der Waals surface area contributed by atoms with E-state index in [0.717, 1.165) is 17.6 Å². The van der Waals surface area contributed by atoms with Gasteiger partial charge in [-0.2, -0.15) is 0 Å². The summed E-state index contributed by atoms with van der Waals surface area (Å²) < 4.78 is 10.1. The number of rotatable bonds is 5. The van der Waals surface area contributed by atoms with Crippen LogP contribution in [-0.4, -0.2) is 70.7 Å². The van der Waals surface area contributed by atoms with E-state index in [1.54, 1.807) is 7.11 Å². The number of quaternary nitrogens is 1. The minimum absolute atomic E-state index is 0.208. The predicted octanol–water partition coefficient (Wildman–Crippen LogP) is 0.0564. The zero-order chi connectivity index (χ0) is 11.6. The van der Waals surface area contributed by atoms with Gasteiger partial charge in [-0.05, 0) is 0 Å². The first-order valence-electron chi connectivity index (χ1n) is 4.33. The molecule has 5 heteroatoms. The highest BCUT2D eigenvalue weighted by Crippen LogP contribution is 1.87. The summed E-state index contributed by atoms with van der Waals surface area (Å²) in [5, 5.41) is 7.79. The molecule has 0 aromatic heterocycles. The smallest absolute Gasteiger partial charge is 0.329 e. The third-order valence-electron chi connectivity index (χ3n) is 1.23. The third-order valence-corrected chi connectivity index (χ3v) is 1.23. The van der Waals surface area contributed by atoms with Crippen LogP contribution >= 0.6 is 0 Å². The van der Waals surface area contributed by atoms with Gasteiger partial charge in [0.05, 0.1) is 27.7 Å². The minimum Gasteiger partial charge on any atom is -0.480 e. The van der Waals surface area contributed by atoms with Gasteiger partial charge >= 0.3 is 5.97 Å². The topological polar surface area (TPSA) is 55.8 Å². The Balaban J connectivity index is 0. The Morgan fingerprint density at radius 2 is 1.71 bits per heavy atom. The van der Waals surface area contributed by atoms with Crippen molar-refractivity contribution in [2.45, 2.75) is 0 Å². The van der Waals surface area contributed by atoms with Crippen LogP contribution in [-0.2, 0) is 14.3 Å². The average Bonchev–Trinajstić information content (AvgIpc) is 2.00. The number of hydrogen-bond donors (Lipinski definition) is 1. The highest BCUT2D eigenvalue weighted by molar-refractivity contribution is 5.67. The lowest BCUT2D eigenvalue weighted by Crippen LogP contribution is -2.37. The number of likely N-dealkylation sites (N-methyl/N-ethyl adjacent to an activating group) is 1. The Hall–Kier alpha value is -0.650. The summed E-state index contributed by atoms with van der Waals surface area (Å²) in [5.74, 6) is -0.933. The maximum absolute atomic E-state index is 9.47. The van der Waals surface area contributed by atoms with Gasteiger partial charge in [0.15, 0.2) is 0 Å². The Kier molecular flexibility index (Phi) is 10.1. The molecular weight excluding hydrogens is 186 g/mol. The van der Waals surface area contributed by atoms with Crippen LogP contribution in [0.1, 0.15) is 0 Å². The second-order valence-electron chi connectivity index (χ2n) is 3.83. The number of carboxylic acid groups (broad SMARTS) is 1. The molecule has 86 valence electrons. The average molecular weight is 208 g/mol. The van der Waals surface area contributed by atoms with Crippen molar-refractivity contribution in [1.29, 1.82) is 0 Å². The van der Waals surface area contributed by atoms with Gasteiger partial charge in [0.2, 0.25) is 0 Å². The van der Waals surface area contributed by atoms with E-state index in [9.17, 15) is 4.79 Å². The van der Waals surface area contributed by atoms with Gasteiger partial charge in [-0.3, -0.25) is 0 Å². The van der Waals surface area contributed by atoms with E-state index in [-0.39, 0.29) is 6.61 Å². The lowest BCUT2D eigenvalue weighted by molar-refractivity contribution is -0.870. The van der Waals surface area contributed by atoms with Crippen LogP contribution < -0.4 is 0 Å². The molecule has 0 heterocycles. The zero-order valence-corrected chi connectivity index (χ0v) is 9.74. The Morgan fingerprint density at radius 3 is 1.79 bits per heavy atom. The summed E-state index contributed by atoms with van der Waals surface area (Å²) in [5.41, 5.74) is 0. The van der Waals surface area contributed by atoms with Crippen molar-refractivity contribution in [3.8, 4) is 0 Å². The van der Waals surface area contributed by atoms with Gasteiger partial charge in [-0.1, -0.05) is 0 Å². The van der Waals surface area contributed by atoms with Crippen LogP contribution in [0.4, 0.5) is 0 Å². The first-order valence-corrected chi connectivity index (χ1v) is 4.33. The lowest BCUT2D eigenvalue weighted by atomic mass is 10.5. The fourth-order valence-electron chi connectivity index (χ4n) is 0.489. The molecule has 14 heavy (non-hydrogen) atoms. The molecule has 0 fully saturated rings. The third kappa shape index (κ3) is 22.5. The molecule has 0 bridgehead atoms. The standard InChI is InChI=1S/C6H16NO.C3H6O3/c1-7(2,3)5-6-8-4;1-6-2-3(4)5/h5-6H2,1-4H3;2H2,1H3,(H,4,5)/q+1;. The van der Waals surface area contributed by atoms with E-state index in [4.69, 9.17) is 9.84 Å². The minimum atomic E-state index is -0.933. The van der Waals surface area contributed by atoms with Crippen molar-refractivity contribution in [3.05, 3.63) is 0 Å². The molecule has 0 aliphatic carbocycles. The van der Waals surface area contributed by atoms with Crippen LogP contribution in [0, 0.1) is 0 Å². The molecule has 0 aliphatic heterocycles. The predicted molar refractivity (Wildman–Crippen MR) is 54.3 cm³/mol. The molecular formula is C9H22NO4+. The fourth-order valence-corrected chi connectivity index (χ4v) is 0.489. The maximum Gasteiger partial charge on any atom is 0.329 e. The Labute approximate surface area is 85.8 Å². The molecule has 0 amide bonds. The summed E-state index contributed by atoms with van der Waals surface area (Å²) in [7, 11) is 9.53. The van der Waals surface area contributed by atoms with Crippen LogP contribution in [0.5, 0.6) is 0 Å². The summed E-state index contributed by atoms with van der Waals surface area (Å²) in [6.07, 6.45) is 0.